The minimum Gasteiger partial charge on any atom is -0.449 e. The van der Waals surface area contributed by atoms with E-state index < -0.39 is 74.9 Å². The number of rotatable bonds is 4. The SMILES string of the molecule is C[C@@H]1C[C@H]2[C@@H]3C[C@H](F)C4=CC(=O)C=C[C@]4(C)C3(F)[C@@H](O)C[C@]2(C)[C@@]1(OC(=O)C1C(C)(C)C1(C)C)C(=O)SCC#N. The lowest BCUT2D eigenvalue weighted by Crippen LogP contribution is -2.70. The first-order valence-corrected chi connectivity index (χ1v) is 15.1. The number of carbonyl (C=O) groups excluding carboxylic acids is 3. The van der Waals surface area contributed by atoms with Gasteiger partial charge in [-0.3, -0.25) is 14.4 Å². The number of alkyl halides is 2. The van der Waals surface area contributed by atoms with Crippen molar-refractivity contribution in [1.29, 1.82) is 5.26 Å². The average molecular weight is 576 g/mol. The van der Waals surface area contributed by atoms with Crippen LogP contribution in [0.25, 0.3) is 0 Å². The second kappa shape index (κ2) is 8.73. The van der Waals surface area contributed by atoms with Crippen molar-refractivity contribution in [3.8, 4) is 6.07 Å². The Morgan fingerprint density at radius 1 is 1.15 bits per heavy atom. The smallest absolute Gasteiger partial charge is 0.311 e. The minimum atomic E-state index is -2.30. The molecule has 0 saturated heterocycles. The van der Waals surface area contributed by atoms with Crippen LogP contribution in [0.15, 0.2) is 23.8 Å². The first kappa shape index (κ1) is 29.4. The number of aliphatic hydroxyl groups excluding tert-OH is 1. The maximum Gasteiger partial charge on any atom is 0.311 e. The monoisotopic (exact) mass is 575 g/mol. The fourth-order valence-electron chi connectivity index (χ4n) is 9.43. The number of esters is 1. The highest BCUT2D eigenvalue weighted by Gasteiger charge is 2.79. The Hall–Kier alpha value is -2.05. The molecule has 5 rings (SSSR count). The first-order chi connectivity index (χ1) is 18.4. The van der Waals surface area contributed by atoms with Gasteiger partial charge in [0.2, 0.25) is 5.12 Å². The molecule has 0 aromatic rings. The Bertz CT molecular complexity index is 1270. The molecule has 4 saturated carbocycles. The van der Waals surface area contributed by atoms with E-state index in [4.69, 9.17) is 4.74 Å². The van der Waals surface area contributed by atoms with Gasteiger partial charge in [0, 0.05) is 22.7 Å². The van der Waals surface area contributed by atoms with E-state index >= 15 is 8.78 Å². The van der Waals surface area contributed by atoms with E-state index in [2.05, 4.69) is 0 Å². The number of allylic oxidation sites excluding steroid dienone is 4. The normalized spacial score (nSPS) is 46.4. The molecule has 9 atom stereocenters. The van der Waals surface area contributed by atoms with Gasteiger partial charge in [-0.1, -0.05) is 59.4 Å². The highest BCUT2D eigenvalue weighted by Crippen LogP contribution is 2.73. The largest absolute Gasteiger partial charge is 0.449 e. The summed E-state index contributed by atoms with van der Waals surface area (Å²) in [6, 6.07) is 1.96. The lowest BCUT2D eigenvalue weighted by Gasteiger charge is -2.63. The first-order valence-electron chi connectivity index (χ1n) is 14.1. The summed E-state index contributed by atoms with van der Waals surface area (Å²) in [5.41, 5.74) is -7.47. The molecule has 0 aromatic heterocycles. The van der Waals surface area contributed by atoms with Crippen LogP contribution in [0.1, 0.15) is 67.7 Å². The number of thioether (sulfide) groups is 1. The minimum absolute atomic E-state index is 0.0315. The van der Waals surface area contributed by atoms with Crippen molar-refractivity contribution in [2.75, 3.05) is 5.75 Å². The molecule has 4 fully saturated rings. The summed E-state index contributed by atoms with van der Waals surface area (Å²) in [4.78, 5) is 40.0. The summed E-state index contributed by atoms with van der Waals surface area (Å²) in [6.07, 6.45) is 0.364. The maximum absolute atomic E-state index is 17.6. The van der Waals surface area contributed by atoms with Crippen LogP contribution >= 0.6 is 11.8 Å². The van der Waals surface area contributed by atoms with Gasteiger partial charge in [0.05, 0.1) is 23.8 Å². The molecule has 5 aliphatic carbocycles. The van der Waals surface area contributed by atoms with Gasteiger partial charge in [0.15, 0.2) is 17.1 Å². The van der Waals surface area contributed by atoms with Gasteiger partial charge in [0.25, 0.3) is 0 Å². The zero-order valence-corrected chi connectivity index (χ0v) is 25.0. The molecule has 1 N–H and O–H groups in total. The Labute approximate surface area is 239 Å². The second-order valence-electron chi connectivity index (χ2n) is 14.3. The van der Waals surface area contributed by atoms with Crippen LogP contribution < -0.4 is 0 Å². The van der Waals surface area contributed by atoms with Crippen LogP contribution in [0, 0.1) is 56.7 Å². The summed E-state index contributed by atoms with van der Waals surface area (Å²) >= 11 is 0.768. The Balaban J connectivity index is 1.62. The molecule has 0 heterocycles. The number of hydrogen-bond donors (Lipinski definition) is 1. The molecule has 5 aliphatic rings. The van der Waals surface area contributed by atoms with Gasteiger partial charge in [-0.25, -0.2) is 8.78 Å². The highest BCUT2D eigenvalue weighted by molar-refractivity contribution is 8.14. The van der Waals surface area contributed by atoms with Crippen LogP contribution in [-0.4, -0.2) is 51.3 Å². The molecule has 0 spiro atoms. The molecule has 0 bridgehead atoms. The molecule has 0 aliphatic heterocycles. The van der Waals surface area contributed by atoms with Gasteiger partial charge >= 0.3 is 5.97 Å². The zero-order chi connectivity index (χ0) is 29.8. The van der Waals surface area contributed by atoms with Gasteiger partial charge < -0.3 is 9.84 Å². The topological polar surface area (TPSA) is 104 Å². The standard InChI is InChI=1S/C31H39F2NO5S/c1-16-12-18-19-14-21(32)20-13-17(35)8-9-28(20,6)30(19,33)22(36)15-29(18,7)31(16,25(38)40-11-10-34)39-24(37)23-26(2,3)27(23,4)5/h8-9,13,16,18-19,21-23,36H,11-12,14-15H2,1-7H3/t16-,18+,19+,21+,22+,28+,29+,30?,31+/m1/s1. The van der Waals surface area contributed by atoms with Crippen LogP contribution in [0.4, 0.5) is 8.78 Å². The van der Waals surface area contributed by atoms with Crippen molar-refractivity contribution in [3.63, 3.8) is 0 Å². The fraction of sp³-hybridized carbons (Fsp3) is 0.742. The van der Waals surface area contributed by atoms with Gasteiger partial charge in [0.1, 0.15) is 6.17 Å². The van der Waals surface area contributed by atoms with Crippen molar-refractivity contribution >= 4 is 28.6 Å². The second-order valence-corrected chi connectivity index (χ2v) is 15.2. The molecule has 1 unspecified atom stereocenters. The quantitative estimate of drug-likeness (QED) is 0.454. The van der Waals surface area contributed by atoms with Gasteiger partial charge in [-0.2, -0.15) is 5.26 Å². The molecular formula is C31H39F2NO5S. The van der Waals surface area contributed by atoms with Crippen LogP contribution in [0.3, 0.4) is 0 Å². The Morgan fingerprint density at radius 3 is 2.35 bits per heavy atom. The molecule has 0 radical (unpaired) electrons. The molecular weight excluding hydrogens is 536 g/mol. The molecule has 218 valence electrons. The van der Waals surface area contributed by atoms with E-state index in [1.807, 2.05) is 33.8 Å². The third kappa shape index (κ3) is 3.32. The number of aliphatic hydroxyl groups is 1. The summed E-state index contributed by atoms with van der Waals surface area (Å²) in [5.74, 6) is -3.70. The zero-order valence-electron chi connectivity index (χ0n) is 24.2. The van der Waals surface area contributed by atoms with Crippen molar-refractivity contribution in [3.05, 3.63) is 23.8 Å². The van der Waals surface area contributed by atoms with Gasteiger partial charge in [-0.05, 0) is 60.7 Å². The van der Waals surface area contributed by atoms with E-state index in [9.17, 15) is 24.8 Å². The Kier molecular flexibility index (Phi) is 6.43. The predicted molar refractivity (Wildman–Crippen MR) is 146 cm³/mol. The predicted octanol–water partition coefficient (Wildman–Crippen LogP) is 5.30. The third-order valence-corrected chi connectivity index (χ3v) is 13.1. The number of fused-ring (bicyclic) bond motifs is 5. The lowest BCUT2D eigenvalue weighted by molar-refractivity contribution is -0.229. The van der Waals surface area contributed by atoms with Crippen LogP contribution in [-0.2, 0) is 19.1 Å². The number of ketones is 1. The van der Waals surface area contributed by atoms with Gasteiger partial charge in [-0.15, -0.1) is 0 Å². The lowest BCUT2D eigenvalue weighted by atomic mass is 9.44. The van der Waals surface area contributed by atoms with Crippen molar-refractivity contribution < 1.29 is 33.0 Å². The van der Waals surface area contributed by atoms with E-state index in [0.717, 1.165) is 17.8 Å². The highest BCUT2D eigenvalue weighted by atomic mass is 32.2. The molecule has 40 heavy (non-hydrogen) atoms. The van der Waals surface area contributed by atoms with Crippen molar-refractivity contribution in [2.24, 2.45) is 45.3 Å². The van der Waals surface area contributed by atoms with Crippen LogP contribution in [0.5, 0.6) is 0 Å². The van der Waals surface area contributed by atoms with E-state index in [-0.39, 0.29) is 41.4 Å². The maximum atomic E-state index is 17.6. The average Bonchev–Trinajstić information content (AvgIpc) is 3.17. The number of nitrogens with zero attached hydrogens (tertiary/aromatic N) is 1. The summed E-state index contributed by atoms with van der Waals surface area (Å²) in [5, 5.41) is 20.4. The van der Waals surface area contributed by atoms with Crippen LogP contribution in [0.2, 0.25) is 0 Å². The third-order valence-electron chi connectivity index (χ3n) is 12.3. The van der Waals surface area contributed by atoms with E-state index in [1.165, 1.54) is 19.1 Å². The summed E-state index contributed by atoms with van der Waals surface area (Å²) in [6.45, 7) is 13.0. The molecule has 9 heteroatoms. The van der Waals surface area contributed by atoms with E-state index in [0.29, 0.717) is 0 Å². The molecule has 0 amide bonds. The number of halogens is 2. The number of ether oxygens (including phenoxy) is 1. The fourth-order valence-corrected chi connectivity index (χ4v) is 10.3. The summed E-state index contributed by atoms with van der Waals surface area (Å²) < 4.78 is 39.7. The summed E-state index contributed by atoms with van der Waals surface area (Å²) in [7, 11) is 0. The van der Waals surface area contributed by atoms with Crippen molar-refractivity contribution in [2.45, 2.75) is 91.3 Å². The Morgan fingerprint density at radius 2 is 1.77 bits per heavy atom. The number of hydrogen-bond acceptors (Lipinski definition) is 7. The number of nitriles is 1. The van der Waals surface area contributed by atoms with E-state index in [1.54, 1.807) is 13.8 Å². The number of carbonyl (C=O) groups is 3. The molecule has 0 aromatic carbocycles. The molecule has 6 nitrogen and oxygen atoms in total. The van der Waals surface area contributed by atoms with Crippen molar-refractivity contribution in [1.82, 2.24) is 0 Å².